The largest absolute Gasteiger partial charge is 0.0722 e. The maximum absolute atomic E-state index is 2.44. The highest BCUT2D eigenvalue weighted by Crippen LogP contribution is 2.34. The van der Waals surface area contributed by atoms with E-state index < -0.39 is 0 Å². The number of rotatable bonds is 4. The molecule has 1 unspecified atom stereocenters. The number of aryl methyl sites for hydroxylation is 2. The van der Waals surface area contributed by atoms with Gasteiger partial charge in [0.15, 0.2) is 0 Å². The van der Waals surface area contributed by atoms with Gasteiger partial charge in [-0.3, -0.25) is 0 Å². The van der Waals surface area contributed by atoms with Crippen LogP contribution in [-0.2, 0) is 19.3 Å². The Balaban J connectivity index is 1.56. The molecule has 0 amide bonds. The first-order chi connectivity index (χ1) is 16.3. The first kappa shape index (κ1) is 20.2. The van der Waals surface area contributed by atoms with E-state index in [-0.39, 0.29) is 0 Å². The van der Waals surface area contributed by atoms with E-state index in [1.54, 1.807) is 16.7 Å². The molecule has 4 aromatic carbocycles. The zero-order valence-electron chi connectivity index (χ0n) is 19.4. The summed E-state index contributed by atoms with van der Waals surface area (Å²) in [5, 5.41) is 5.72. The van der Waals surface area contributed by atoms with Crippen LogP contribution in [0.3, 0.4) is 0 Å². The van der Waals surface area contributed by atoms with Crippen LogP contribution in [-0.4, -0.2) is 0 Å². The van der Waals surface area contributed by atoms with Gasteiger partial charge in [-0.2, -0.15) is 0 Å². The highest BCUT2D eigenvalue weighted by atomic mass is 14.3. The van der Waals surface area contributed by atoms with Crippen LogP contribution in [0.25, 0.3) is 11.6 Å². The summed E-state index contributed by atoms with van der Waals surface area (Å²) in [5.41, 5.74) is 9.00. The number of hydrogen-bond acceptors (Lipinski definition) is 0. The van der Waals surface area contributed by atoms with Crippen LogP contribution in [0.2, 0.25) is 0 Å². The molecule has 1 atom stereocenters. The average molecular weight is 427 g/mol. The van der Waals surface area contributed by atoms with Gasteiger partial charge in [0.1, 0.15) is 0 Å². The highest BCUT2D eigenvalue weighted by Gasteiger charge is 2.25. The van der Waals surface area contributed by atoms with Crippen LogP contribution in [0.5, 0.6) is 0 Å². The molecule has 0 aliphatic heterocycles. The Morgan fingerprint density at radius 2 is 1.45 bits per heavy atom. The summed E-state index contributed by atoms with van der Waals surface area (Å²) >= 11 is 0. The molecule has 0 aromatic heterocycles. The summed E-state index contributed by atoms with van der Waals surface area (Å²) in [6.07, 6.45) is 8.24. The number of fused-ring (bicyclic) bond motifs is 4. The van der Waals surface area contributed by atoms with Gasteiger partial charge in [0.2, 0.25) is 0 Å². The second-order valence-electron chi connectivity index (χ2n) is 9.60. The average Bonchev–Trinajstić information content (AvgIpc) is 2.87. The first-order valence-corrected chi connectivity index (χ1v) is 12.3. The van der Waals surface area contributed by atoms with Gasteiger partial charge in [-0.1, -0.05) is 97.1 Å². The molecule has 33 heavy (non-hydrogen) atoms. The van der Waals surface area contributed by atoms with E-state index in [0.29, 0.717) is 5.92 Å². The van der Waals surface area contributed by atoms with Crippen LogP contribution in [0.4, 0.5) is 0 Å². The van der Waals surface area contributed by atoms with Gasteiger partial charge in [0, 0.05) is 0 Å². The lowest BCUT2D eigenvalue weighted by molar-refractivity contribution is 0.543. The predicted molar refractivity (Wildman–Crippen MR) is 138 cm³/mol. The standard InChI is InChI=1S/C33H30/c1-23-9-5-7-13-27(23)33-26(16-15-24-10-3-2-4-11-24)18-20-31-30-19-17-25-12-6-8-14-28(25)29(30)21-22-32(31)33/h2-14,17,21-22,26H,15-16,18-20H2,1H3. The zero-order chi connectivity index (χ0) is 22.2. The topological polar surface area (TPSA) is 0 Å². The Morgan fingerprint density at radius 1 is 0.697 bits per heavy atom. The van der Waals surface area contributed by atoms with Crippen LogP contribution in [0.15, 0.2) is 91.0 Å². The maximum Gasteiger partial charge on any atom is -0.00791 e. The minimum atomic E-state index is 0.594. The van der Waals surface area contributed by atoms with Gasteiger partial charge in [0.05, 0.1) is 0 Å². The van der Waals surface area contributed by atoms with Crippen molar-refractivity contribution >= 4 is 11.6 Å². The molecule has 4 aromatic rings. The van der Waals surface area contributed by atoms with Crippen molar-refractivity contribution in [3.05, 3.63) is 140 Å². The monoisotopic (exact) mass is 426 g/mol. The van der Waals surface area contributed by atoms with Gasteiger partial charge in [-0.15, -0.1) is 0 Å². The van der Waals surface area contributed by atoms with Crippen molar-refractivity contribution in [3.63, 3.8) is 0 Å². The van der Waals surface area contributed by atoms with E-state index in [0.717, 1.165) is 12.8 Å². The van der Waals surface area contributed by atoms with Gasteiger partial charge in [-0.25, -0.2) is 0 Å². The van der Waals surface area contributed by atoms with Crippen LogP contribution < -0.4 is 10.4 Å². The Hall–Kier alpha value is -3.38. The fourth-order valence-electron chi connectivity index (χ4n) is 6.05. The van der Waals surface area contributed by atoms with E-state index in [1.165, 1.54) is 56.8 Å². The van der Waals surface area contributed by atoms with Crippen molar-refractivity contribution in [2.75, 3.05) is 0 Å². The molecule has 0 saturated carbocycles. The van der Waals surface area contributed by atoms with Crippen molar-refractivity contribution in [3.8, 4) is 0 Å². The third kappa shape index (κ3) is 3.64. The third-order valence-electron chi connectivity index (χ3n) is 7.71. The minimum absolute atomic E-state index is 0.594. The van der Waals surface area contributed by atoms with E-state index in [4.69, 9.17) is 0 Å². The van der Waals surface area contributed by atoms with Crippen LogP contribution in [0, 0.1) is 23.3 Å². The van der Waals surface area contributed by atoms with Crippen molar-refractivity contribution in [2.24, 2.45) is 5.92 Å². The molecular weight excluding hydrogens is 396 g/mol. The molecule has 0 heterocycles. The van der Waals surface area contributed by atoms with Gasteiger partial charge in [0.25, 0.3) is 0 Å². The maximum atomic E-state index is 2.44. The van der Waals surface area contributed by atoms with E-state index in [2.05, 4.69) is 104 Å². The lowest BCUT2D eigenvalue weighted by Crippen LogP contribution is -2.28. The fraction of sp³-hybridized carbons (Fsp3) is 0.212. The molecule has 6 rings (SSSR count). The van der Waals surface area contributed by atoms with Gasteiger partial charge < -0.3 is 0 Å². The molecule has 0 nitrogen and oxygen atoms in total. The molecule has 162 valence electrons. The summed E-state index contributed by atoms with van der Waals surface area (Å²) in [7, 11) is 0. The molecule has 2 aliphatic carbocycles. The quantitative estimate of drug-likeness (QED) is 0.375. The Morgan fingerprint density at radius 3 is 2.33 bits per heavy atom. The molecule has 0 bridgehead atoms. The first-order valence-electron chi connectivity index (χ1n) is 12.3. The van der Waals surface area contributed by atoms with E-state index in [9.17, 15) is 0 Å². The van der Waals surface area contributed by atoms with E-state index >= 15 is 0 Å². The van der Waals surface area contributed by atoms with Crippen LogP contribution in [0.1, 0.15) is 40.7 Å². The number of hydrogen-bond donors (Lipinski definition) is 0. The second-order valence-corrected chi connectivity index (χ2v) is 9.60. The summed E-state index contributed by atoms with van der Waals surface area (Å²) in [6.45, 7) is 2.27. The van der Waals surface area contributed by atoms with Crippen molar-refractivity contribution < 1.29 is 0 Å². The van der Waals surface area contributed by atoms with Crippen molar-refractivity contribution in [1.82, 2.24) is 0 Å². The van der Waals surface area contributed by atoms with Gasteiger partial charge in [-0.05, 0) is 99.2 Å². The lowest BCUT2D eigenvalue weighted by Gasteiger charge is -2.29. The molecular formula is C33H30. The molecule has 0 saturated heterocycles. The van der Waals surface area contributed by atoms with Crippen molar-refractivity contribution in [2.45, 2.75) is 39.0 Å². The SMILES string of the molecule is Cc1ccccc1C1=c2ccc3c(c2CCC1CCc1ccccc1)CC=c1ccccc1=3. The summed E-state index contributed by atoms with van der Waals surface area (Å²) < 4.78 is 0. The zero-order valence-corrected chi connectivity index (χ0v) is 19.4. The second kappa shape index (κ2) is 8.52. The van der Waals surface area contributed by atoms with Crippen LogP contribution >= 0.6 is 0 Å². The molecule has 0 radical (unpaired) electrons. The lowest BCUT2D eigenvalue weighted by atomic mass is 9.75. The highest BCUT2D eigenvalue weighted by molar-refractivity contribution is 5.72. The third-order valence-corrected chi connectivity index (χ3v) is 7.71. The Bertz CT molecular complexity index is 1540. The molecule has 0 N–H and O–H groups in total. The van der Waals surface area contributed by atoms with Gasteiger partial charge >= 0.3 is 0 Å². The van der Waals surface area contributed by atoms with E-state index in [1.807, 2.05) is 0 Å². The molecule has 2 aliphatic rings. The fourth-order valence-corrected chi connectivity index (χ4v) is 6.05. The molecule has 0 heteroatoms. The Kier molecular flexibility index (Phi) is 5.23. The minimum Gasteiger partial charge on any atom is -0.0722 e. The molecule has 0 fully saturated rings. The summed E-state index contributed by atoms with van der Waals surface area (Å²) in [6, 6.07) is 33.7. The normalized spacial score (nSPS) is 16.4. The Labute approximate surface area is 196 Å². The molecule has 0 spiro atoms. The predicted octanol–water partition coefficient (Wildman–Crippen LogP) is 6.01. The van der Waals surface area contributed by atoms with Crippen molar-refractivity contribution in [1.29, 1.82) is 0 Å². The summed E-state index contributed by atoms with van der Waals surface area (Å²) in [4.78, 5) is 0. The smallest absolute Gasteiger partial charge is 0.00791 e. The number of benzene rings is 4. The summed E-state index contributed by atoms with van der Waals surface area (Å²) in [5.74, 6) is 0.594.